The van der Waals surface area contributed by atoms with E-state index in [4.69, 9.17) is 5.11 Å². The molecule has 2 aliphatic heterocycles. The van der Waals surface area contributed by atoms with E-state index in [1.165, 1.54) is 4.90 Å². The van der Waals surface area contributed by atoms with Crippen LogP contribution in [0.1, 0.15) is 34.3 Å². The first-order valence-corrected chi connectivity index (χ1v) is 6.95. The lowest BCUT2D eigenvalue weighted by Gasteiger charge is -2.19. The van der Waals surface area contributed by atoms with E-state index in [1.807, 2.05) is 6.07 Å². The number of hydrogen-bond donors (Lipinski definition) is 1. The van der Waals surface area contributed by atoms with Gasteiger partial charge in [0.25, 0.3) is 0 Å². The van der Waals surface area contributed by atoms with Gasteiger partial charge in [-0.05, 0) is 23.3 Å². The fourth-order valence-electron chi connectivity index (χ4n) is 2.87. The summed E-state index contributed by atoms with van der Waals surface area (Å²) in [5.41, 5.74) is 2.41. The molecule has 0 saturated carbocycles. The van der Waals surface area contributed by atoms with Crippen LogP contribution in [-0.4, -0.2) is 45.8 Å². The third-order valence-electron chi connectivity index (χ3n) is 4.04. The lowest BCUT2D eigenvalue weighted by Crippen LogP contribution is -2.36. The second kappa shape index (κ2) is 5.29. The molecule has 0 aliphatic carbocycles. The van der Waals surface area contributed by atoms with Crippen LogP contribution in [0.5, 0.6) is 0 Å². The Hall–Kier alpha value is -2.21. The highest BCUT2D eigenvalue weighted by atomic mass is 16.4. The molecule has 0 aromatic heterocycles. The van der Waals surface area contributed by atoms with Crippen molar-refractivity contribution >= 4 is 17.8 Å². The molecular weight excluding hydrogens is 272 g/mol. The van der Waals surface area contributed by atoms with Gasteiger partial charge in [0.2, 0.25) is 11.8 Å². The van der Waals surface area contributed by atoms with Crippen molar-refractivity contribution in [3.05, 3.63) is 34.9 Å². The van der Waals surface area contributed by atoms with Crippen LogP contribution in [0.25, 0.3) is 0 Å². The van der Waals surface area contributed by atoms with Gasteiger partial charge in [0.1, 0.15) is 0 Å². The Morgan fingerprint density at radius 1 is 1.05 bits per heavy atom. The molecule has 3 rings (SSSR count). The number of carboxylic acid groups (broad SMARTS) is 1. The van der Waals surface area contributed by atoms with Crippen LogP contribution in [-0.2, 0) is 22.7 Å². The minimum Gasteiger partial charge on any atom is -0.478 e. The van der Waals surface area contributed by atoms with E-state index in [-0.39, 0.29) is 11.8 Å². The smallest absolute Gasteiger partial charge is 0.335 e. The molecule has 2 amide bonds. The van der Waals surface area contributed by atoms with Crippen molar-refractivity contribution in [2.45, 2.75) is 25.9 Å². The molecule has 1 aromatic rings. The summed E-state index contributed by atoms with van der Waals surface area (Å²) in [6.45, 7) is 2.42. The summed E-state index contributed by atoms with van der Waals surface area (Å²) in [6, 6.07) is 5.15. The normalized spacial score (nSPS) is 18.4. The predicted octanol–water partition coefficient (Wildman–Crippen LogP) is 0.849. The second-order valence-electron chi connectivity index (χ2n) is 5.44. The van der Waals surface area contributed by atoms with Crippen LogP contribution in [0, 0.1) is 0 Å². The fraction of sp³-hybridized carbons (Fsp3) is 0.400. The number of rotatable bonds is 4. The van der Waals surface area contributed by atoms with E-state index >= 15 is 0 Å². The number of likely N-dealkylation sites (tertiary alicyclic amines) is 1. The minimum absolute atomic E-state index is 0.0927. The van der Waals surface area contributed by atoms with Crippen molar-refractivity contribution < 1.29 is 19.5 Å². The van der Waals surface area contributed by atoms with Gasteiger partial charge in [0.15, 0.2) is 0 Å². The quantitative estimate of drug-likeness (QED) is 0.831. The number of carbonyl (C=O) groups excluding carboxylic acids is 2. The van der Waals surface area contributed by atoms with Crippen molar-refractivity contribution in [1.82, 2.24) is 9.80 Å². The van der Waals surface area contributed by atoms with Gasteiger partial charge >= 0.3 is 5.97 Å². The highest BCUT2D eigenvalue weighted by molar-refractivity contribution is 6.01. The standard InChI is InChI=1S/C15H16N2O4/c18-13-3-4-14(19)17(13)6-5-16-8-11-2-1-10(15(20)21)7-12(11)9-16/h1-2,7H,3-6,8-9H2,(H,20,21). The first kappa shape index (κ1) is 13.8. The van der Waals surface area contributed by atoms with E-state index in [0.717, 1.165) is 17.7 Å². The van der Waals surface area contributed by atoms with Gasteiger partial charge in [-0.15, -0.1) is 0 Å². The summed E-state index contributed by atoms with van der Waals surface area (Å²) in [7, 11) is 0. The maximum absolute atomic E-state index is 11.5. The Morgan fingerprint density at radius 2 is 1.71 bits per heavy atom. The number of carbonyl (C=O) groups is 3. The number of amides is 2. The largest absolute Gasteiger partial charge is 0.478 e. The van der Waals surface area contributed by atoms with Gasteiger partial charge in [0.05, 0.1) is 5.56 Å². The van der Waals surface area contributed by atoms with Gasteiger partial charge in [-0.3, -0.25) is 19.4 Å². The highest BCUT2D eigenvalue weighted by Gasteiger charge is 2.29. The molecule has 0 radical (unpaired) electrons. The zero-order valence-corrected chi connectivity index (χ0v) is 11.5. The zero-order chi connectivity index (χ0) is 15.0. The molecule has 6 nitrogen and oxygen atoms in total. The Morgan fingerprint density at radius 3 is 2.38 bits per heavy atom. The summed E-state index contributed by atoms with van der Waals surface area (Å²) < 4.78 is 0. The Labute approximate surface area is 122 Å². The zero-order valence-electron chi connectivity index (χ0n) is 11.5. The fourth-order valence-corrected chi connectivity index (χ4v) is 2.87. The minimum atomic E-state index is -0.926. The van der Waals surface area contributed by atoms with Gasteiger partial charge < -0.3 is 5.11 Å². The molecule has 0 atom stereocenters. The third-order valence-corrected chi connectivity index (χ3v) is 4.04. The molecular formula is C15H16N2O4. The maximum Gasteiger partial charge on any atom is 0.335 e. The van der Waals surface area contributed by atoms with Gasteiger partial charge in [0, 0.05) is 39.0 Å². The highest BCUT2D eigenvalue weighted by Crippen LogP contribution is 2.24. The molecule has 110 valence electrons. The van der Waals surface area contributed by atoms with Gasteiger partial charge in [-0.25, -0.2) is 4.79 Å². The average molecular weight is 288 g/mol. The maximum atomic E-state index is 11.5. The van der Waals surface area contributed by atoms with Crippen molar-refractivity contribution in [1.29, 1.82) is 0 Å². The molecule has 6 heteroatoms. The molecule has 1 saturated heterocycles. The van der Waals surface area contributed by atoms with Gasteiger partial charge in [-0.2, -0.15) is 0 Å². The molecule has 0 spiro atoms. The van der Waals surface area contributed by atoms with Crippen molar-refractivity contribution in [3.63, 3.8) is 0 Å². The number of fused-ring (bicyclic) bond motifs is 1. The molecule has 1 fully saturated rings. The lowest BCUT2D eigenvalue weighted by molar-refractivity contribution is -0.138. The van der Waals surface area contributed by atoms with Crippen molar-refractivity contribution in [3.8, 4) is 0 Å². The predicted molar refractivity (Wildman–Crippen MR) is 73.5 cm³/mol. The average Bonchev–Trinajstić information content (AvgIpc) is 2.99. The van der Waals surface area contributed by atoms with E-state index in [2.05, 4.69) is 4.90 Å². The van der Waals surface area contributed by atoms with Crippen LogP contribution in [0.3, 0.4) is 0 Å². The molecule has 2 aliphatic rings. The molecule has 21 heavy (non-hydrogen) atoms. The molecule has 0 unspecified atom stereocenters. The molecule has 0 bridgehead atoms. The summed E-state index contributed by atoms with van der Waals surface area (Å²) in [5.74, 6) is -1.11. The molecule has 1 N–H and O–H groups in total. The van der Waals surface area contributed by atoms with Crippen LogP contribution < -0.4 is 0 Å². The molecule has 2 heterocycles. The summed E-state index contributed by atoms with van der Waals surface area (Å²) in [5, 5.41) is 8.99. The monoisotopic (exact) mass is 288 g/mol. The van der Waals surface area contributed by atoms with Crippen LogP contribution in [0.2, 0.25) is 0 Å². The first-order chi connectivity index (χ1) is 10.0. The summed E-state index contributed by atoms with van der Waals surface area (Å²) in [6.07, 6.45) is 0.641. The number of hydrogen-bond acceptors (Lipinski definition) is 4. The third kappa shape index (κ3) is 2.67. The first-order valence-electron chi connectivity index (χ1n) is 6.95. The summed E-state index contributed by atoms with van der Waals surface area (Å²) in [4.78, 5) is 37.5. The molecule has 1 aromatic carbocycles. The van der Waals surface area contributed by atoms with Crippen LogP contribution in [0.15, 0.2) is 18.2 Å². The topological polar surface area (TPSA) is 77.9 Å². The van der Waals surface area contributed by atoms with Crippen LogP contribution >= 0.6 is 0 Å². The number of benzene rings is 1. The van der Waals surface area contributed by atoms with E-state index in [1.54, 1.807) is 12.1 Å². The van der Waals surface area contributed by atoms with Gasteiger partial charge in [-0.1, -0.05) is 6.07 Å². The number of aromatic carboxylic acids is 1. The SMILES string of the molecule is O=C(O)c1ccc2c(c1)CN(CCN1C(=O)CCC1=O)C2. The van der Waals surface area contributed by atoms with Crippen LogP contribution in [0.4, 0.5) is 0 Å². The Bertz CT molecular complexity index is 610. The number of carboxylic acids is 1. The van der Waals surface area contributed by atoms with E-state index in [0.29, 0.717) is 38.0 Å². The number of nitrogens with zero attached hydrogens (tertiary/aromatic N) is 2. The summed E-state index contributed by atoms with van der Waals surface area (Å²) >= 11 is 0. The van der Waals surface area contributed by atoms with E-state index in [9.17, 15) is 14.4 Å². The number of imide groups is 1. The Balaban J connectivity index is 1.61. The Kier molecular flexibility index (Phi) is 3.47. The van der Waals surface area contributed by atoms with Crippen molar-refractivity contribution in [2.24, 2.45) is 0 Å². The second-order valence-corrected chi connectivity index (χ2v) is 5.44. The van der Waals surface area contributed by atoms with Crippen molar-refractivity contribution in [2.75, 3.05) is 13.1 Å². The van der Waals surface area contributed by atoms with E-state index < -0.39 is 5.97 Å². The lowest BCUT2D eigenvalue weighted by atomic mass is 10.1.